The topological polar surface area (TPSA) is 108 Å². The van der Waals surface area contributed by atoms with Gasteiger partial charge in [-0.25, -0.2) is 13.8 Å². The summed E-state index contributed by atoms with van der Waals surface area (Å²) in [5.74, 6) is -1.47. The minimum Gasteiger partial charge on any atom is -0.461 e. The van der Waals surface area contributed by atoms with E-state index in [4.69, 9.17) is 4.74 Å². The van der Waals surface area contributed by atoms with Crippen molar-refractivity contribution in [2.24, 2.45) is 0 Å². The lowest BCUT2D eigenvalue weighted by molar-refractivity contribution is -0.137. The lowest BCUT2D eigenvalue weighted by atomic mass is 9.95. The minimum absolute atomic E-state index is 0.0997. The van der Waals surface area contributed by atoms with Gasteiger partial charge in [0.15, 0.2) is 5.82 Å². The van der Waals surface area contributed by atoms with Crippen LogP contribution < -0.4 is 20.3 Å². The predicted octanol–water partition coefficient (Wildman–Crippen LogP) is 4.41. The Hall–Kier alpha value is -3.72. The normalized spacial score (nSPS) is 26.5. The summed E-state index contributed by atoms with van der Waals surface area (Å²) in [6, 6.07) is 1.35. The Morgan fingerprint density at radius 3 is 2.62 bits per heavy atom. The quantitative estimate of drug-likeness (QED) is 0.382. The molecule has 2 N–H and O–H groups in total. The van der Waals surface area contributed by atoms with Gasteiger partial charge in [-0.15, -0.1) is 0 Å². The van der Waals surface area contributed by atoms with Crippen LogP contribution in [0.2, 0.25) is 0 Å². The zero-order valence-corrected chi connectivity index (χ0v) is 24.8. The van der Waals surface area contributed by atoms with E-state index >= 15 is 4.39 Å². The molecule has 45 heavy (non-hydrogen) atoms. The molecule has 2 bridgehead atoms. The molecule has 15 heteroatoms. The molecule has 10 nitrogen and oxygen atoms in total. The number of carbonyl (C=O) groups excluding carboxylic acids is 1. The zero-order valence-electron chi connectivity index (χ0n) is 24.8. The van der Waals surface area contributed by atoms with Gasteiger partial charge in [0.2, 0.25) is 5.91 Å². The lowest BCUT2D eigenvalue weighted by Gasteiger charge is -2.34. The molecule has 240 valence electrons. The lowest BCUT2D eigenvalue weighted by Crippen LogP contribution is -2.51. The number of ether oxygens (including phenoxy) is 1. The van der Waals surface area contributed by atoms with Crippen LogP contribution in [0.25, 0.3) is 22.3 Å². The third-order valence-electron chi connectivity index (χ3n) is 9.42. The summed E-state index contributed by atoms with van der Waals surface area (Å²) >= 11 is 0. The van der Waals surface area contributed by atoms with Crippen molar-refractivity contribution in [3.63, 3.8) is 0 Å². The highest BCUT2D eigenvalue weighted by molar-refractivity contribution is 5.92. The Morgan fingerprint density at radius 1 is 1.16 bits per heavy atom. The number of halogens is 5. The number of amides is 1. The number of aryl methyl sites for hydroxylation is 1. The van der Waals surface area contributed by atoms with E-state index in [1.165, 1.54) is 20.0 Å². The highest BCUT2D eigenvalue weighted by atomic mass is 19.4. The van der Waals surface area contributed by atoms with Crippen LogP contribution in [-0.4, -0.2) is 87.3 Å². The summed E-state index contributed by atoms with van der Waals surface area (Å²) in [6.45, 7) is 4.75. The molecule has 4 fully saturated rings. The number of rotatable bonds is 6. The smallest absolute Gasteiger partial charge is 0.418 e. The fraction of sp³-hybridized carbons (Fsp3) is 0.567. The SMILES string of the molecule is CC(=O)Nc1cc(C)c(C(F)(F)F)c(-c2ncc3c(N4CC5CC[C@@H](C4)N5)nc(OC[C@@]45CCCN4C[C@H](F)C5)nc3c2F)n1. The maximum Gasteiger partial charge on any atom is 0.418 e. The first kappa shape index (κ1) is 30.0. The Morgan fingerprint density at radius 2 is 1.91 bits per heavy atom. The van der Waals surface area contributed by atoms with Crippen LogP contribution in [0.5, 0.6) is 6.01 Å². The molecular weight excluding hydrogens is 599 g/mol. The van der Waals surface area contributed by atoms with Crippen molar-refractivity contribution in [3.8, 4) is 17.4 Å². The van der Waals surface area contributed by atoms with E-state index in [2.05, 4.69) is 35.5 Å². The number of aromatic nitrogens is 4. The van der Waals surface area contributed by atoms with Crippen molar-refractivity contribution >= 4 is 28.4 Å². The average Bonchev–Trinajstić information content (AvgIpc) is 3.60. The van der Waals surface area contributed by atoms with E-state index in [0.717, 1.165) is 38.3 Å². The molecule has 0 radical (unpaired) electrons. The third-order valence-corrected chi connectivity index (χ3v) is 9.42. The minimum atomic E-state index is -4.89. The van der Waals surface area contributed by atoms with E-state index < -0.39 is 46.6 Å². The maximum absolute atomic E-state index is 16.6. The van der Waals surface area contributed by atoms with Crippen LogP contribution in [0, 0.1) is 12.7 Å². The number of hydrogen-bond donors (Lipinski definition) is 2. The maximum atomic E-state index is 16.6. The molecule has 3 aromatic heterocycles. The molecule has 4 saturated heterocycles. The number of fused-ring (bicyclic) bond motifs is 4. The van der Waals surface area contributed by atoms with Gasteiger partial charge in [0.05, 0.1) is 16.5 Å². The van der Waals surface area contributed by atoms with Crippen molar-refractivity contribution in [2.45, 2.75) is 75.9 Å². The molecule has 3 aromatic rings. The summed E-state index contributed by atoms with van der Waals surface area (Å²) in [6.07, 6.45) is -0.695. The molecule has 0 spiro atoms. The van der Waals surface area contributed by atoms with Crippen LogP contribution >= 0.6 is 0 Å². The monoisotopic (exact) mass is 632 g/mol. The molecule has 4 atom stereocenters. The Kier molecular flexibility index (Phi) is 7.30. The number of hydrogen-bond acceptors (Lipinski definition) is 9. The molecule has 0 aliphatic carbocycles. The van der Waals surface area contributed by atoms with Gasteiger partial charge in [0, 0.05) is 51.3 Å². The van der Waals surface area contributed by atoms with Gasteiger partial charge >= 0.3 is 12.2 Å². The van der Waals surface area contributed by atoms with E-state index in [0.29, 0.717) is 31.9 Å². The van der Waals surface area contributed by atoms with E-state index in [1.807, 2.05) is 4.90 Å². The Bertz CT molecular complexity index is 1660. The van der Waals surface area contributed by atoms with Gasteiger partial charge in [0.1, 0.15) is 41.3 Å². The largest absolute Gasteiger partial charge is 0.461 e. The molecule has 4 aliphatic heterocycles. The molecular formula is C30H33F5N8O2. The summed E-state index contributed by atoms with van der Waals surface area (Å²) in [5.41, 5.74) is -3.65. The Balaban J connectivity index is 1.35. The standard InChI is InChI=1S/C30H33F5N8O2/c1-15-8-21(37-16(2)44)39-25(22(15)30(33,34)35)26-23(32)24-20(10-36-26)27(42-12-18-4-5-19(13-42)38-18)41-28(40-24)45-14-29-6-3-7-43(29)11-17(31)9-29/h8,10,17-19,38H,3-7,9,11-14H2,1-2H3,(H,37,39,44)/t17-,18+,19?,29+/m1/s1. The van der Waals surface area contributed by atoms with E-state index in [1.54, 1.807) is 0 Å². The van der Waals surface area contributed by atoms with Crippen LogP contribution in [0.15, 0.2) is 12.3 Å². The summed E-state index contributed by atoms with van der Waals surface area (Å²) in [7, 11) is 0. The summed E-state index contributed by atoms with van der Waals surface area (Å²) < 4.78 is 80.0. The highest BCUT2D eigenvalue weighted by Gasteiger charge is 2.49. The molecule has 1 unspecified atom stereocenters. The molecule has 1 amide bonds. The second-order valence-corrected chi connectivity index (χ2v) is 12.6. The van der Waals surface area contributed by atoms with Crippen LogP contribution in [0.1, 0.15) is 50.2 Å². The van der Waals surface area contributed by atoms with Gasteiger partial charge in [-0.05, 0) is 50.8 Å². The third kappa shape index (κ3) is 5.43. The number of pyridine rings is 2. The average molecular weight is 633 g/mol. The van der Waals surface area contributed by atoms with Crippen molar-refractivity contribution in [1.82, 2.24) is 30.2 Å². The van der Waals surface area contributed by atoms with E-state index in [9.17, 15) is 22.4 Å². The fourth-order valence-corrected chi connectivity index (χ4v) is 7.56. The van der Waals surface area contributed by atoms with Gasteiger partial charge < -0.3 is 20.3 Å². The molecule has 0 saturated carbocycles. The molecule has 7 rings (SSSR count). The first-order valence-electron chi connectivity index (χ1n) is 15.2. The summed E-state index contributed by atoms with van der Waals surface area (Å²) in [5, 5.41) is 6.13. The fourth-order valence-electron chi connectivity index (χ4n) is 7.56. The van der Waals surface area contributed by atoms with E-state index in [-0.39, 0.29) is 47.0 Å². The molecule has 4 aliphatic rings. The van der Waals surface area contributed by atoms with Gasteiger partial charge in [0.25, 0.3) is 0 Å². The van der Waals surface area contributed by atoms with Crippen LogP contribution in [0.4, 0.5) is 33.6 Å². The highest BCUT2D eigenvalue weighted by Crippen LogP contribution is 2.43. The van der Waals surface area contributed by atoms with Crippen LogP contribution in [-0.2, 0) is 11.0 Å². The summed E-state index contributed by atoms with van der Waals surface area (Å²) in [4.78, 5) is 32.9. The number of carbonyl (C=O) groups is 1. The van der Waals surface area contributed by atoms with Crippen molar-refractivity contribution in [2.75, 3.05) is 43.0 Å². The zero-order chi connectivity index (χ0) is 31.7. The van der Waals surface area contributed by atoms with Crippen molar-refractivity contribution in [1.29, 1.82) is 0 Å². The second kappa shape index (κ2) is 11.0. The van der Waals surface area contributed by atoms with Gasteiger partial charge in [-0.2, -0.15) is 23.1 Å². The number of anilines is 2. The number of nitrogens with zero attached hydrogens (tertiary/aromatic N) is 6. The van der Waals surface area contributed by atoms with Gasteiger partial charge in [-0.3, -0.25) is 14.7 Å². The van der Waals surface area contributed by atoms with Gasteiger partial charge in [-0.1, -0.05) is 0 Å². The first-order chi connectivity index (χ1) is 21.4. The Labute approximate surface area is 255 Å². The van der Waals surface area contributed by atoms with Crippen LogP contribution in [0.3, 0.4) is 0 Å². The van der Waals surface area contributed by atoms with Crippen molar-refractivity contribution in [3.05, 3.63) is 29.2 Å². The predicted molar refractivity (Wildman–Crippen MR) is 155 cm³/mol. The molecule has 7 heterocycles. The number of alkyl halides is 4. The van der Waals surface area contributed by atoms with Crippen molar-refractivity contribution < 1.29 is 31.5 Å². The second-order valence-electron chi connectivity index (χ2n) is 12.6. The number of piperazine rings is 1. The molecule has 0 aromatic carbocycles. The first-order valence-corrected chi connectivity index (χ1v) is 15.2. The number of nitrogens with one attached hydrogen (secondary N) is 2.